The maximum atomic E-state index is 5.88. The standard InChI is InChI=1S/C17H33N3O2.HI/c1-14-4-6-15(7-5-14)20-17(18-2)19-10-3-11-22-16-8-12-21-13-9-16;/h14-16H,3-13H2,1-2H3,(H2,18,19,20);1H. The molecule has 2 aliphatic rings. The summed E-state index contributed by atoms with van der Waals surface area (Å²) >= 11 is 0. The SMILES string of the molecule is CN=C(NCCCOC1CCOCC1)NC1CCC(C)CC1.I. The first-order chi connectivity index (χ1) is 10.8. The third-order valence-corrected chi connectivity index (χ3v) is 4.72. The van der Waals surface area contributed by atoms with Crippen LogP contribution < -0.4 is 10.6 Å². The van der Waals surface area contributed by atoms with E-state index in [0.29, 0.717) is 12.1 Å². The summed E-state index contributed by atoms with van der Waals surface area (Å²) in [7, 11) is 1.85. The van der Waals surface area contributed by atoms with Crippen LogP contribution in [0.2, 0.25) is 0 Å². The molecule has 0 radical (unpaired) electrons. The van der Waals surface area contributed by atoms with Gasteiger partial charge in [-0.3, -0.25) is 4.99 Å². The molecule has 0 aromatic heterocycles. The van der Waals surface area contributed by atoms with Gasteiger partial charge in [-0.1, -0.05) is 6.92 Å². The third-order valence-electron chi connectivity index (χ3n) is 4.72. The summed E-state index contributed by atoms with van der Waals surface area (Å²) in [5.41, 5.74) is 0. The van der Waals surface area contributed by atoms with Crippen molar-refractivity contribution in [1.82, 2.24) is 10.6 Å². The van der Waals surface area contributed by atoms with E-state index in [1.807, 2.05) is 7.05 Å². The van der Waals surface area contributed by atoms with E-state index in [2.05, 4.69) is 22.5 Å². The van der Waals surface area contributed by atoms with E-state index in [1.165, 1.54) is 25.7 Å². The van der Waals surface area contributed by atoms with E-state index >= 15 is 0 Å². The van der Waals surface area contributed by atoms with Crippen LogP contribution in [0.1, 0.15) is 51.9 Å². The Balaban J connectivity index is 0.00000264. The molecular formula is C17H34IN3O2. The summed E-state index contributed by atoms with van der Waals surface area (Å²) in [6.07, 6.45) is 8.66. The van der Waals surface area contributed by atoms with Crippen molar-refractivity contribution in [2.24, 2.45) is 10.9 Å². The highest BCUT2D eigenvalue weighted by Gasteiger charge is 2.18. The zero-order chi connectivity index (χ0) is 15.6. The number of hydrogen-bond donors (Lipinski definition) is 2. The maximum absolute atomic E-state index is 5.88. The predicted octanol–water partition coefficient (Wildman–Crippen LogP) is 2.93. The molecule has 0 aromatic carbocycles. The van der Waals surface area contributed by atoms with E-state index < -0.39 is 0 Å². The van der Waals surface area contributed by atoms with Crippen LogP contribution in [0.4, 0.5) is 0 Å². The molecule has 1 saturated carbocycles. The minimum Gasteiger partial charge on any atom is -0.381 e. The molecule has 0 amide bonds. The zero-order valence-electron chi connectivity index (χ0n) is 14.7. The molecule has 1 heterocycles. The van der Waals surface area contributed by atoms with Gasteiger partial charge in [-0.2, -0.15) is 0 Å². The van der Waals surface area contributed by atoms with E-state index in [-0.39, 0.29) is 24.0 Å². The Hall–Kier alpha value is -0.0800. The van der Waals surface area contributed by atoms with Gasteiger partial charge in [0.2, 0.25) is 0 Å². The highest BCUT2D eigenvalue weighted by Crippen LogP contribution is 2.23. The second kappa shape index (κ2) is 12.3. The fraction of sp³-hybridized carbons (Fsp3) is 0.941. The van der Waals surface area contributed by atoms with Crippen LogP contribution in [0.3, 0.4) is 0 Å². The number of nitrogens with one attached hydrogen (secondary N) is 2. The van der Waals surface area contributed by atoms with Crippen LogP contribution in [0.15, 0.2) is 4.99 Å². The average Bonchev–Trinajstić information content (AvgIpc) is 2.56. The molecule has 2 N–H and O–H groups in total. The van der Waals surface area contributed by atoms with Gasteiger partial charge in [0.15, 0.2) is 5.96 Å². The highest BCUT2D eigenvalue weighted by molar-refractivity contribution is 14.0. The van der Waals surface area contributed by atoms with E-state index in [9.17, 15) is 0 Å². The van der Waals surface area contributed by atoms with Crippen molar-refractivity contribution in [2.45, 2.75) is 64.0 Å². The number of hydrogen-bond acceptors (Lipinski definition) is 3. The molecule has 23 heavy (non-hydrogen) atoms. The predicted molar refractivity (Wildman–Crippen MR) is 106 cm³/mol. The fourth-order valence-corrected chi connectivity index (χ4v) is 3.16. The molecule has 5 nitrogen and oxygen atoms in total. The van der Waals surface area contributed by atoms with Crippen LogP contribution in [0.5, 0.6) is 0 Å². The molecule has 0 bridgehead atoms. The van der Waals surface area contributed by atoms with Crippen molar-refractivity contribution in [1.29, 1.82) is 0 Å². The minimum absolute atomic E-state index is 0. The average molecular weight is 439 g/mol. The quantitative estimate of drug-likeness (QED) is 0.289. The highest BCUT2D eigenvalue weighted by atomic mass is 127. The first-order valence-corrected chi connectivity index (χ1v) is 8.94. The van der Waals surface area contributed by atoms with Gasteiger partial charge in [-0.15, -0.1) is 24.0 Å². The topological polar surface area (TPSA) is 54.9 Å². The monoisotopic (exact) mass is 439 g/mol. The van der Waals surface area contributed by atoms with Gasteiger partial charge in [0.05, 0.1) is 6.10 Å². The van der Waals surface area contributed by atoms with Crippen LogP contribution in [-0.4, -0.2) is 51.5 Å². The van der Waals surface area contributed by atoms with Crippen molar-refractivity contribution in [2.75, 3.05) is 33.4 Å². The number of rotatable bonds is 6. The maximum Gasteiger partial charge on any atom is 0.191 e. The normalized spacial score (nSPS) is 26.4. The van der Waals surface area contributed by atoms with Crippen LogP contribution >= 0.6 is 24.0 Å². The molecule has 1 aliphatic heterocycles. The van der Waals surface area contributed by atoms with Gasteiger partial charge in [0.1, 0.15) is 0 Å². The smallest absolute Gasteiger partial charge is 0.191 e. The summed E-state index contributed by atoms with van der Waals surface area (Å²) in [5, 5.41) is 6.95. The molecule has 0 aromatic rings. The lowest BCUT2D eigenvalue weighted by molar-refractivity contribution is -0.0320. The number of halogens is 1. The summed E-state index contributed by atoms with van der Waals surface area (Å²) in [6.45, 7) is 5.77. The lowest BCUT2D eigenvalue weighted by Crippen LogP contribution is -2.45. The third kappa shape index (κ3) is 8.54. The molecule has 2 rings (SSSR count). The molecule has 0 unspecified atom stereocenters. The molecule has 1 aliphatic carbocycles. The molecule has 0 spiro atoms. The summed E-state index contributed by atoms with van der Waals surface area (Å²) in [6, 6.07) is 0.584. The Morgan fingerprint density at radius 3 is 2.48 bits per heavy atom. The van der Waals surface area contributed by atoms with E-state index in [4.69, 9.17) is 9.47 Å². The van der Waals surface area contributed by atoms with Gasteiger partial charge in [-0.25, -0.2) is 0 Å². The second-order valence-corrected chi connectivity index (χ2v) is 6.64. The number of nitrogens with zero attached hydrogens (tertiary/aromatic N) is 1. The molecule has 136 valence electrons. The number of ether oxygens (including phenoxy) is 2. The Labute approximate surface area is 158 Å². The summed E-state index contributed by atoms with van der Waals surface area (Å²) < 4.78 is 11.2. The minimum atomic E-state index is 0. The Morgan fingerprint density at radius 2 is 1.83 bits per heavy atom. The lowest BCUT2D eigenvalue weighted by atomic mass is 9.87. The summed E-state index contributed by atoms with van der Waals surface area (Å²) in [4.78, 5) is 4.33. The molecule has 6 heteroatoms. The van der Waals surface area contributed by atoms with Crippen LogP contribution in [0, 0.1) is 5.92 Å². The largest absolute Gasteiger partial charge is 0.381 e. The number of aliphatic imine (C=N–C) groups is 1. The van der Waals surface area contributed by atoms with Crippen molar-refractivity contribution in [3.8, 4) is 0 Å². The van der Waals surface area contributed by atoms with Gasteiger partial charge in [0.25, 0.3) is 0 Å². The second-order valence-electron chi connectivity index (χ2n) is 6.64. The van der Waals surface area contributed by atoms with Gasteiger partial charge in [0, 0.05) is 39.5 Å². The van der Waals surface area contributed by atoms with Crippen LogP contribution in [-0.2, 0) is 9.47 Å². The number of guanidine groups is 1. The van der Waals surface area contributed by atoms with Gasteiger partial charge >= 0.3 is 0 Å². The van der Waals surface area contributed by atoms with Crippen molar-refractivity contribution in [3.63, 3.8) is 0 Å². The molecule has 2 fully saturated rings. The zero-order valence-corrected chi connectivity index (χ0v) is 17.0. The Bertz CT molecular complexity index is 328. The summed E-state index contributed by atoms with van der Waals surface area (Å²) in [5.74, 6) is 1.82. The first kappa shape index (κ1) is 21.0. The molecular weight excluding hydrogens is 405 g/mol. The van der Waals surface area contributed by atoms with Crippen LogP contribution in [0.25, 0.3) is 0 Å². The van der Waals surface area contributed by atoms with E-state index in [1.54, 1.807) is 0 Å². The molecule has 1 saturated heterocycles. The van der Waals surface area contributed by atoms with E-state index in [0.717, 1.165) is 57.5 Å². The van der Waals surface area contributed by atoms with Crippen molar-refractivity contribution >= 4 is 29.9 Å². The Morgan fingerprint density at radius 1 is 1.13 bits per heavy atom. The van der Waals surface area contributed by atoms with Gasteiger partial charge in [-0.05, 0) is 50.9 Å². The van der Waals surface area contributed by atoms with Gasteiger partial charge < -0.3 is 20.1 Å². The Kier molecular flexibility index (Phi) is 11.2. The van der Waals surface area contributed by atoms with Crippen molar-refractivity contribution < 1.29 is 9.47 Å². The fourth-order valence-electron chi connectivity index (χ4n) is 3.16. The molecule has 0 atom stereocenters. The van der Waals surface area contributed by atoms with Crippen molar-refractivity contribution in [3.05, 3.63) is 0 Å². The first-order valence-electron chi connectivity index (χ1n) is 8.94. The lowest BCUT2D eigenvalue weighted by Gasteiger charge is -2.28.